The van der Waals surface area contributed by atoms with E-state index in [0.29, 0.717) is 12.1 Å². The highest BCUT2D eigenvalue weighted by molar-refractivity contribution is 7.92. The molecule has 0 saturated carbocycles. The molecule has 0 fully saturated rings. The largest absolute Gasteiger partial charge is 0.487 e. The van der Waals surface area contributed by atoms with Crippen molar-refractivity contribution in [3.63, 3.8) is 0 Å². The highest BCUT2D eigenvalue weighted by Gasteiger charge is 2.35. The molecule has 0 radical (unpaired) electrons. The molecule has 0 bridgehead atoms. The molecule has 2 aromatic carbocycles. The number of fused-ring (bicyclic) bond motifs is 1. The van der Waals surface area contributed by atoms with Crippen molar-refractivity contribution in [1.82, 2.24) is 5.32 Å². The Morgan fingerprint density at radius 1 is 1.20 bits per heavy atom. The van der Waals surface area contributed by atoms with Gasteiger partial charge in [0.1, 0.15) is 17.9 Å². The first kappa shape index (κ1) is 22.2. The van der Waals surface area contributed by atoms with Gasteiger partial charge >= 0.3 is 0 Å². The smallest absolute Gasteiger partial charge is 0.241 e. The van der Waals surface area contributed by atoms with Crippen LogP contribution in [0.4, 0.5) is 5.69 Å². The Bertz CT molecular complexity index is 1080. The molecule has 0 spiro atoms. The van der Waals surface area contributed by atoms with Crippen molar-refractivity contribution in [3.05, 3.63) is 58.7 Å². The second-order valence-corrected chi connectivity index (χ2v) is 10.6. The minimum atomic E-state index is -3.63. The molecular formula is C23H30N2O4S. The molecule has 2 aromatic rings. The number of amides is 1. The first-order valence-corrected chi connectivity index (χ1v) is 11.8. The number of hydrogen-bond acceptors (Lipinski definition) is 4. The van der Waals surface area contributed by atoms with Crippen LogP contribution in [-0.2, 0) is 14.8 Å². The predicted octanol–water partition coefficient (Wildman–Crippen LogP) is 3.80. The fourth-order valence-corrected chi connectivity index (χ4v) is 4.75. The molecule has 1 aliphatic heterocycles. The molecule has 1 unspecified atom stereocenters. The first-order valence-electron chi connectivity index (χ1n) is 10.0. The lowest BCUT2D eigenvalue weighted by Gasteiger charge is -2.38. The van der Waals surface area contributed by atoms with Crippen LogP contribution in [-0.4, -0.2) is 32.7 Å². The maximum atomic E-state index is 13.0. The van der Waals surface area contributed by atoms with E-state index in [-0.39, 0.29) is 18.5 Å². The van der Waals surface area contributed by atoms with Gasteiger partial charge in [0.2, 0.25) is 15.9 Å². The zero-order chi connectivity index (χ0) is 22.3. The van der Waals surface area contributed by atoms with E-state index in [9.17, 15) is 13.2 Å². The monoisotopic (exact) mass is 430 g/mol. The zero-order valence-corrected chi connectivity index (χ0v) is 19.3. The van der Waals surface area contributed by atoms with E-state index in [0.717, 1.165) is 34.3 Å². The molecule has 1 atom stereocenters. The van der Waals surface area contributed by atoms with Crippen LogP contribution in [0.2, 0.25) is 0 Å². The van der Waals surface area contributed by atoms with Gasteiger partial charge in [0.05, 0.1) is 18.0 Å². The number of anilines is 1. The number of hydrogen-bond donors (Lipinski definition) is 1. The lowest BCUT2D eigenvalue weighted by molar-refractivity contribution is -0.120. The number of carbonyl (C=O) groups is 1. The topological polar surface area (TPSA) is 75.7 Å². The van der Waals surface area contributed by atoms with Crippen molar-refractivity contribution >= 4 is 21.6 Å². The van der Waals surface area contributed by atoms with E-state index in [1.54, 1.807) is 12.1 Å². The van der Waals surface area contributed by atoms with Gasteiger partial charge in [-0.05, 0) is 63.4 Å². The summed E-state index contributed by atoms with van der Waals surface area (Å²) in [7, 11) is -3.63. The predicted molar refractivity (Wildman–Crippen MR) is 119 cm³/mol. The molecule has 7 heteroatoms. The van der Waals surface area contributed by atoms with Gasteiger partial charge in [-0.25, -0.2) is 8.42 Å². The van der Waals surface area contributed by atoms with E-state index < -0.39 is 15.6 Å². The van der Waals surface area contributed by atoms with Crippen LogP contribution in [0, 0.1) is 20.8 Å². The van der Waals surface area contributed by atoms with Gasteiger partial charge in [0, 0.05) is 12.0 Å². The van der Waals surface area contributed by atoms with Gasteiger partial charge in [0.15, 0.2) is 0 Å². The fourth-order valence-electron chi connectivity index (χ4n) is 3.84. The van der Waals surface area contributed by atoms with E-state index >= 15 is 0 Å². The number of carbonyl (C=O) groups excluding carboxylic acids is 1. The standard InChI is InChI=1S/C23H30N2O4S/c1-15-10-11-18-19(13-23(4,5)29-21(18)12-15)24-22(26)14-25(30(6,27)28)20-9-7-8-16(2)17(20)3/h7-12,19H,13-14H2,1-6H3,(H,24,26). The summed E-state index contributed by atoms with van der Waals surface area (Å²) >= 11 is 0. The summed E-state index contributed by atoms with van der Waals surface area (Å²) < 4.78 is 32.2. The van der Waals surface area contributed by atoms with Crippen LogP contribution in [0.1, 0.15) is 48.6 Å². The maximum absolute atomic E-state index is 13.0. The van der Waals surface area contributed by atoms with Gasteiger partial charge in [-0.1, -0.05) is 24.3 Å². The third-order valence-electron chi connectivity index (χ3n) is 5.49. The van der Waals surface area contributed by atoms with E-state index in [1.165, 1.54) is 4.31 Å². The number of nitrogens with zero attached hydrogens (tertiary/aromatic N) is 1. The van der Waals surface area contributed by atoms with Crippen LogP contribution in [0.3, 0.4) is 0 Å². The zero-order valence-electron chi connectivity index (χ0n) is 18.4. The summed E-state index contributed by atoms with van der Waals surface area (Å²) in [6, 6.07) is 11.1. The van der Waals surface area contributed by atoms with Crippen molar-refractivity contribution in [1.29, 1.82) is 0 Å². The highest BCUT2D eigenvalue weighted by Crippen LogP contribution is 2.40. The third-order valence-corrected chi connectivity index (χ3v) is 6.62. The number of sulfonamides is 1. The summed E-state index contributed by atoms with van der Waals surface area (Å²) in [6.45, 7) is 9.46. The van der Waals surface area contributed by atoms with E-state index in [2.05, 4.69) is 5.32 Å². The summed E-state index contributed by atoms with van der Waals surface area (Å²) in [5.41, 5.74) is 3.87. The number of nitrogens with one attached hydrogen (secondary N) is 1. The summed E-state index contributed by atoms with van der Waals surface area (Å²) in [6.07, 6.45) is 1.72. The second-order valence-electron chi connectivity index (χ2n) is 8.72. The highest BCUT2D eigenvalue weighted by atomic mass is 32.2. The van der Waals surface area contributed by atoms with Gasteiger partial charge in [-0.3, -0.25) is 9.10 Å². The van der Waals surface area contributed by atoms with Crippen molar-refractivity contribution < 1.29 is 17.9 Å². The van der Waals surface area contributed by atoms with Gasteiger partial charge < -0.3 is 10.1 Å². The van der Waals surface area contributed by atoms with Crippen molar-refractivity contribution in [2.75, 3.05) is 17.1 Å². The Labute approximate surface area is 179 Å². The Morgan fingerprint density at radius 3 is 2.57 bits per heavy atom. The molecule has 1 heterocycles. The van der Waals surface area contributed by atoms with Crippen LogP contribution < -0.4 is 14.4 Å². The quantitative estimate of drug-likeness (QED) is 0.783. The second kappa shape index (κ2) is 7.95. The molecule has 1 amide bonds. The minimum Gasteiger partial charge on any atom is -0.487 e. The summed E-state index contributed by atoms with van der Waals surface area (Å²) in [5, 5.41) is 3.03. The van der Waals surface area contributed by atoms with Crippen molar-refractivity contribution in [2.24, 2.45) is 0 Å². The van der Waals surface area contributed by atoms with Gasteiger partial charge in [-0.15, -0.1) is 0 Å². The Morgan fingerprint density at radius 2 is 1.90 bits per heavy atom. The molecule has 162 valence electrons. The van der Waals surface area contributed by atoms with Crippen LogP contribution in [0.15, 0.2) is 36.4 Å². The van der Waals surface area contributed by atoms with Gasteiger partial charge in [-0.2, -0.15) is 0 Å². The average Bonchev–Trinajstić information content (AvgIpc) is 2.60. The summed E-state index contributed by atoms with van der Waals surface area (Å²) in [5.74, 6) is 0.404. The first-order chi connectivity index (χ1) is 13.9. The Kier molecular flexibility index (Phi) is 5.87. The molecule has 6 nitrogen and oxygen atoms in total. The average molecular weight is 431 g/mol. The molecule has 0 saturated heterocycles. The molecule has 1 N–H and O–H groups in total. The Balaban J connectivity index is 1.87. The lowest BCUT2D eigenvalue weighted by atomic mass is 9.89. The molecule has 0 aliphatic carbocycles. The molecule has 1 aliphatic rings. The minimum absolute atomic E-state index is 0.253. The Hall–Kier alpha value is -2.54. The number of ether oxygens (including phenoxy) is 1. The van der Waals surface area contributed by atoms with Gasteiger partial charge in [0.25, 0.3) is 0 Å². The van der Waals surface area contributed by atoms with E-state index in [1.807, 2.05) is 58.9 Å². The van der Waals surface area contributed by atoms with Crippen molar-refractivity contribution in [3.8, 4) is 5.75 Å². The molecular weight excluding hydrogens is 400 g/mol. The lowest BCUT2D eigenvalue weighted by Crippen LogP contribution is -2.45. The maximum Gasteiger partial charge on any atom is 0.241 e. The van der Waals surface area contributed by atoms with Crippen molar-refractivity contribution in [2.45, 2.75) is 52.7 Å². The normalized spacial score (nSPS) is 17.6. The number of rotatable bonds is 5. The van der Waals surface area contributed by atoms with E-state index in [4.69, 9.17) is 4.74 Å². The van der Waals surface area contributed by atoms with Crippen LogP contribution in [0.5, 0.6) is 5.75 Å². The third kappa shape index (κ3) is 4.78. The van der Waals surface area contributed by atoms with Crippen LogP contribution in [0.25, 0.3) is 0 Å². The molecule has 3 rings (SSSR count). The van der Waals surface area contributed by atoms with Crippen LogP contribution >= 0.6 is 0 Å². The number of aryl methyl sites for hydroxylation is 2. The summed E-state index contributed by atoms with van der Waals surface area (Å²) in [4.78, 5) is 13.0. The fraction of sp³-hybridized carbons (Fsp3) is 0.435. The molecule has 0 aromatic heterocycles. The SMILES string of the molecule is Cc1ccc2c(c1)OC(C)(C)CC2NC(=O)CN(c1cccc(C)c1C)S(C)(=O)=O. The number of benzene rings is 2. The molecule has 30 heavy (non-hydrogen) atoms.